The summed E-state index contributed by atoms with van der Waals surface area (Å²) in [4.78, 5) is 0. The second kappa shape index (κ2) is 6.58. The van der Waals surface area contributed by atoms with E-state index in [9.17, 15) is 0 Å². The molecule has 2 heteroatoms. The van der Waals surface area contributed by atoms with Crippen molar-refractivity contribution in [1.82, 2.24) is 4.57 Å². The first-order chi connectivity index (χ1) is 13.8. The van der Waals surface area contributed by atoms with Gasteiger partial charge in [0.25, 0.3) is 0 Å². The first-order valence-electron chi connectivity index (χ1n) is 9.75. The number of rotatable bonds is 3. The molecule has 1 aromatic heterocycles. The molecule has 1 N–H and O–H groups in total. The number of fused-ring (bicyclic) bond motifs is 7. The number of anilines is 2. The molecular weight excluding hydrogens is 340 g/mol. The number of nitrogens with one attached hydrogen (secondary N) is 1. The minimum atomic E-state index is 0.957. The third-order valence-electron chi connectivity index (χ3n) is 5.40. The van der Waals surface area contributed by atoms with Crippen LogP contribution < -0.4 is 5.32 Å². The molecule has 0 saturated heterocycles. The summed E-state index contributed by atoms with van der Waals surface area (Å²) in [5, 5.41) is 4.92. The van der Waals surface area contributed by atoms with Crippen LogP contribution in [0.1, 0.15) is 13.3 Å². The van der Waals surface area contributed by atoms with E-state index < -0.39 is 0 Å². The van der Waals surface area contributed by atoms with Crippen molar-refractivity contribution >= 4 is 28.0 Å². The van der Waals surface area contributed by atoms with Crippen LogP contribution in [0, 0.1) is 0 Å². The van der Waals surface area contributed by atoms with Crippen LogP contribution in [0.3, 0.4) is 0 Å². The molecule has 0 aliphatic carbocycles. The Hall–Kier alpha value is -3.52. The van der Waals surface area contributed by atoms with E-state index in [1.165, 1.54) is 33.3 Å². The minimum absolute atomic E-state index is 0.957. The first-order valence-corrected chi connectivity index (χ1v) is 9.75. The molecule has 5 rings (SSSR count). The molecule has 1 aliphatic rings. The van der Waals surface area contributed by atoms with E-state index in [0.29, 0.717) is 0 Å². The summed E-state index contributed by atoms with van der Waals surface area (Å²) in [6.45, 7) is 6.28. The third-order valence-corrected chi connectivity index (χ3v) is 5.40. The fourth-order valence-electron chi connectivity index (χ4n) is 4.26. The Bertz CT molecular complexity index is 1240. The van der Waals surface area contributed by atoms with Crippen LogP contribution in [-0.4, -0.2) is 4.57 Å². The molecule has 0 bridgehead atoms. The Morgan fingerprint density at radius 2 is 1.54 bits per heavy atom. The third kappa shape index (κ3) is 2.35. The molecule has 1 aliphatic heterocycles. The number of hydrogen-bond donors (Lipinski definition) is 1. The quantitative estimate of drug-likeness (QED) is 0.329. The van der Waals surface area contributed by atoms with Gasteiger partial charge in [-0.3, -0.25) is 0 Å². The van der Waals surface area contributed by atoms with Crippen molar-refractivity contribution in [2.45, 2.75) is 13.3 Å². The molecule has 2 nitrogen and oxygen atoms in total. The van der Waals surface area contributed by atoms with Crippen molar-refractivity contribution in [3.05, 3.63) is 91.5 Å². The molecule has 4 aromatic rings. The number of hydrogen-bond acceptors (Lipinski definition) is 1. The average molecular weight is 362 g/mol. The van der Waals surface area contributed by atoms with Crippen molar-refractivity contribution in [2.24, 2.45) is 0 Å². The zero-order valence-corrected chi connectivity index (χ0v) is 15.9. The molecule has 0 unspecified atom stereocenters. The molecule has 0 amide bonds. The molecular formula is C26H22N2. The summed E-state index contributed by atoms with van der Waals surface area (Å²) in [5.74, 6) is 0. The van der Waals surface area contributed by atoms with Crippen LogP contribution >= 0.6 is 0 Å². The molecule has 0 saturated carbocycles. The largest absolute Gasteiger partial charge is 0.354 e. The van der Waals surface area contributed by atoms with Crippen LogP contribution in [0.5, 0.6) is 0 Å². The Morgan fingerprint density at radius 1 is 0.893 bits per heavy atom. The lowest BCUT2D eigenvalue weighted by atomic mass is 9.98. The van der Waals surface area contributed by atoms with Gasteiger partial charge in [0.1, 0.15) is 0 Å². The van der Waals surface area contributed by atoms with Gasteiger partial charge in [0.05, 0.1) is 11.2 Å². The summed E-state index contributed by atoms with van der Waals surface area (Å²) in [7, 11) is 0. The number of aromatic nitrogens is 1. The van der Waals surface area contributed by atoms with Crippen molar-refractivity contribution in [3.63, 3.8) is 0 Å². The highest BCUT2D eigenvalue weighted by Gasteiger charge is 2.26. The monoisotopic (exact) mass is 362 g/mol. The lowest BCUT2D eigenvalue weighted by Crippen LogP contribution is -1.99. The first kappa shape index (κ1) is 16.6. The summed E-state index contributed by atoms with van der Waals surface area (Å²) in [6.07, 6.45) is 5.16. The molecule has 136 valence electrons. The second-order valence-corrected chi connectivity index (χ2v) is 7.03. The Balaban J connectivity index is 2.03. The summed E-state index contributed by atoms with van der Waals surface area (Å²) in [6, 6.07) is 25.8. The van der Waals surface area contributed by atoms with Crippen LogP contribution in [0.15, 0.2) is 91.5 Å². The van der Waals surface area contributed by atoms with E-state index in [1.54, 1.807) is 0 Å². The molecule has 0 spiro atoms. The molecule has 28 heavy (non-hydrogen) atoms. The fourth-order valence-corrected chi connectivity index (χ4v) is 4.26. The van der Waals surface area contributed by atoms with Crippen molar-refractivity contribution < 1.29 is 0 Å². The zero-order chi connectivity index (χ0) is 19.1. The SMILES string of the molecule is C=C/C(=C\CC)n1c2c(c3ccccc31)-c1ccccc1Nc1ccccc1-2. The molecule has 0 radical (unpaired) electrons. The van der Waals surface area contributed by atoms with E-state index in [0.717, 1.165) is 23.5 Å². The zero-order valence-electron chi connectivity index (χ0n) is 15.9. The molecule has 3 aromatic carbocycles. The van der Waals surface area contributed by atoms with Gasteiger partial charge in [0, 0.05) is 39.1 Å². The number of nitrogens with zero attached hydrogens (tertiary/aromatic N) is 1. The summed E-state index contributed by atoms with van der Waals surface area (Å²) < 4.78 is 2.36. The second-order valence-electron chi connectivity index (χ2n) is 7.03. The minimum Gasteiger partial charge on any atom is -0.354 e. The van der Waals surface area contributed by atoms with E-state index >= 15 is 0 Å². The maximum atomic E-state index is 4.11. The van der Waals surface area contributed by atoms with Crippen molar-refractivity contribution in [2.75, 3.05) is 5.32 Å². The number of allylic oxidation sites excluding steroid dienone is 3. The van der Waals surface area contributed by atoms with Gasteiger partial charge in [-0.2, -0.15) is 0 Å². The fraction of sp³-hybridized carbons (Fsp3) is 0.0769. The number of para-hydroxylation sites is 3. The molecule has 2 heterocycles. The highest BCUT2D eigenvalue weighted by atomic mass is 15.0. The van der Waals surface area contributed by atoms with Gasteiger partial charge in [0.2, 0.25) is 0 Å². The molecule has 0 atom stereocenters. The maximum Gasteiger partial charge on any atom is 0.0641 e. The van der Waals surface area contributed by atoms with Gasteiger partial charge in [-0.05, 0) is 30.7 Å². The standard InChI is InChI=1S/C26H22N2/c1-3-11-18(4-2)28-24-17-10-7-14-21(24)25-19-12-5-8-15-22(19)27-23-16-9-6-13-20(23)26(25)28/h4-17,27H,2-3H2,1H3/b18-11+. The highest BCUT2D eigenvalue weighted by Crippen LogP contribution is 2.49. The Kier molecular flexibility index (Phi) is 3.91. The van der Waals surface area contributed by atoms with E-state index in [1.807, 2.05) is 6.08 Å². The van der Waals surface area contributed by atoms with Crippen LogP contribution in [0.4, 0.5) is 11.4 Å². The van der Waals surface area contributed by atoms with Gasteiger partial charge in [-0.25, -0.2) is 0 Å². The smallest absolute Gasteiger partial charge is 0.0641 e. The van der Waals surface area contributed by atoms with Gasteiger partial charge in [-0.15, -0.1) is 0 Å². The van der Waals surface area contributed by atoms with E-state index in [-0.39, 0.29) is 0 Å². The van der Waals surface area contributed by atoms with Gasteiger partial charge < -0.3 is 9.88 Å². The lowest BCUT2D eigenvalue weighted by molar-refractivity contribution is 1.14. The normalized spacial score (nSPS) is 12.5. The Labute approximate surface area is 165 Å². The van der Waals surface area contributed by atoms with Gasteiger partial charge in [0.15, 0.2) is 0 Å². The summed E-state index contributed by atoms with van der Waals surface area (Å²) >= 11 is 0. The van der Waals surface area contributed by atoms with Crippen molar-refractivity contribution in [1.29, 1.82) is 0 Å². The van der Waals surface area contributed by atoms with Gasteiger partial charge >= 0.3 is 0 Å². The summed E-state index contributed by atoms with van der Waals surface area (Å²) in [5.41, 5.74) is 9.50. The van der Waals surface area contributed by atoms with Crippen LogP contribution in [-0.2, 0) is 0 Å². The highest BCUT2D eigenvalue weighted by molar-refractivity contribution is 6.12. The average Bonchev–Trinajstić information content (AvgIpc) is 2.99. The Morgan fingerprint density at radius 3 is 2.29 bits per heavy atom. The topological polar surface area (TPSA) is 17.0 Å². The van der Waals surface area contributed by atoms with Crippen LogP contribution in [0.2, 0.25) is 0 Å². The van der Waals surface area contributed by atoms with E-state index in [2.05, 4.69) is 102 Å². The molecule has 0 fully saturated rings. The predicted octanol–water partition coefficient (Wildman–Crippen LogP) is 7.47. The van der Waals surface area contributed by atoms with E-state index in [4.69, 9.17) is 0 Å². The van der Waals surface area contributed by atoms with Crippen LogP contribution in [0.25, 0.3) is 39.0 Å². The van der Waals surface area contributed by atoms with Crippen molar-refractivity contribution in [3.8, 4) is 22.4 Å². The lowest BCUT2D eigenvalue weighted by Gasteiger charge is -2.15. The van der Waals surface area contributed by atoms with Gasteiger partial charge in [-0.1, -0.05) is 74.2 Å². The predicted molar refractivity (Wildman–Crippen MR) is 121 cm³/mol. The maximum absolute atomic E-state index is 4.11. The number of benzene rings is 3.